The normalized spacial score (nSPS) is 10.4. The lowest BCUT2D eigenvalue weighted by Gasteiger charge is -2.05. The molecular formula is C13H10BrNO4. The first kappa shape index (κ1) is 13.5. The third-order valence-electron chi connectivity index (χ3n) is 2.42. The molecule has 0 heterocycles. The average molecular weight is 324 g/mol. The molecule has 1 amide bonds. The molecule has 2 aromatic carbocycles. The third-order valence-corrected chi connectivity index (χ3v) is 2.92. The topological polar surface area (TPSA) is 75.6 Å². The van der Waals surface area contributed by atoms with E-state index in [0.29, 0.717) is 5.56 Å². The standard InChI is InChI=1S/C13H10BrNO4/c14-11-4-3-8-5-10(2-1-9(8)6-11)13(18)15-19-7-12(16)17/h1-6H,7H2,(H,15,18)(H,16,17). The summed E-state index contributed by atoms with van der Waals surface area (Å²) >= 11 is 3.37. The summed E-state index contributed by atoms with van der Waals surface area (Å²) in [4.78, 5) is 26.5. The number of carboxylic acids is 1. The highest BCUT2D eigenvalue weighted by atomic mass is 79.9. The minimum absolute atomic E-state index is 0.403. The summed E-state index contributed by atoms with van der Waals surface area (Å²) in [6.45, 7) is -0.577. The highest BCUT2D eigenvalue weighted by Crippen LogP contribution is 2.20. The van der Waals surface area contributed by atoms with Gasteiger partial charge in [0.25, 0.3) is 5.91 Å². The Morgan fingerprint density at radius 1 is 1.16 bits per heavy atom. The fourth-order valence-electron chi connectivity index (χ4n) is 1.58. The van der Waals surface area contributed by atoms with Crippen molar-refractivity contribution in [3.63, 3.8) is 0 Å². The number of hydrogen-bond acceptors (Lipinski definition) is 3. The van der Waals surface area contributed by atoms with Crippen LogP contribution in [0.3, 0.4) is 0 Å². The van der Waals surface area contributed by atoms with Gasteiger partial charge in [-0.3, -0.25) is 9.63 Å². The van der Waals surface area contributed by atoms with Crippen LogP contribution >= 0.6 is 15.9 Å². The van der Waals surface area contributed by atoms with Crippen LogP contribution in [0.5, 0.6) is 0 Å². The predicted molar refractivity (Wildman–Crippen MR) is 72.7 cm³/mol. The molecule has 0 saturated carbocycles. The molecule has 2 rings (SSSR count). The maximum atomic E-state index is 11.7. The lowest BCUT2D eigenvalue weighted by atomic mass is 10.1. The molecule has 19 heavy (non-hydrogen) atoms. The van der Waals surface area contributed by atoms with Crippen molar-refractivity contribution in [2.24, 2.45) is 0 Å². The maximum absolute atomic E-state index is 11.7. The number of benzene rings is 2. The second kappa shape index (κ2) is 5.81. The van der Waals surface area contributed by atoms with Gasteiger partial charge in [0.15, 0.2) is 6.61 Å². The van der Waals surface area contributed by atoms with Gasteiger partial charge in [0.05, 0.1) is 0 Å². The van der Waals surface area contributed by atoms with Crippen LogP contribution in [0.4, 0.5) is 0 Å². The second-order valence-electron chi connectivity index (χ2n) is 3.82. The van der Waals surface area contributed by atoms with Gasteiger partial charge < -0.3 is 5.11 Å². The number of amides is 1. The minimum atomic E-state index is -1.15. The predicted octanol–water partition coefficient (Wildman–Crippen LogP) is 2.35. The van der Waals surface area contributed by atoms with Crippen molar-refractivity contribution in [1.29, 1.82) is 0 Å². The summed E-state index contributed by atoms with van der Waals surface area (Å²) in [6.07, 6.45) is 0. The van der Waals surface area contributed by atoms with E-state index in [-0.39, 0.29) is 0 Å². The molecule has 2 N–H and O–H groups in total. The Balaban J connectivity index is 2.14. The van der Waals surface area contributed by atoms with Gasteiger partial charge in [-0.1, -0.05) is 28.1 Å². The van der Waals surface area contributed by atoms with Crippen LogP contribution in [0.2, 0.25) is 0 Å². The Morgan fingerprint density at radius 3 is 2.58 bits per heavy atom. The Morgan fingerprint density at radius 2 is 1.84 bits per heavy atom. The molecule has 0 aliphatic heterocycles. The number of hydroxylamine groups is 1. The van der Waals surface area contributed by atoms with Crippen LogP contribution in [-0.4, -0.2) is 23.6 Å². The molecule has 0 radical (unpaired) electrons. The van der Waals surface area contributed by atoms with Crippen molar-refractivity contribution in [1.82, 2.24) is 5.48 Å². The van der Waals surface area contributed by atoms with Gasteiger partial charge in [-0.2, -0.15) is 0 Å². The number of carbonyl (C=O) groups excluding carboxylic acids is 1. The Kier molecular flexibility index (Phi) is 4.13. The maximum Gasteiger partial charge on any atom is 0.332 e. The van der Waals surface area contributed by atoms with Gasteiger partial charge in [-0.05, 0) is 35.0 Å². The summed E-state index contributed by atoms with van der Waals surface area (Å²) in [5.41, 5.74) is 2.48. The first-order chi connectivity index (χ1) is 9.06. The molecular weight excluding hydrogens is 314 g/mol. The molecule has 98 valence electrons. The molecule has 0 aliphatic carbocycles. The third kappa shape index (κ3) is 3.52. The lowest BCUT2D eigenvalue weighted by molar-refractivity contribution is -0.144. The minimum Gasteiger partial charge on any atom is -0.479 e. The summed E-state index contributed by atoms with van der Waals surface area (Å²) in [7, 11) is 0. The number of rotatable bonds is 4. The summed E-state index contributed by atoms with van der Waals surface area (Å²) in [6, 6.07) is 10.9. The second-order valence-corrected chi connectivity index (χ2v) is 4.74. The number of halogens is 1. The molecule has 0 fully saturated rings. The smallest absolute Gasteiger partial charge is 0.332 e. The van der Waals surface area contributed by atoms with Crippen LogP contribution in [0, 0.1) is 0 Å². The zero-order valence-electron chi connectivity index (χ0n) is 9.72. The van der Waals surface area contributed by atoms with Gasteiger partial charge in [0, 0.05) is 10.0 Å². The molecule has 0 saturated heterocycles. The van der Waals surface area contributed by atoms with Crippen molar-refractivity contribution in [3.8, 4) is 0 Å². The largest absolute Gasteiger partial charge is 0.479 e. The molecule has 0 aliphatic rings. The van der Waals surface area contributed by atoms with Crippen molar-refractivity contribution in [2.75, 3.05) is 6.61 Å². The van der Waals surface area contributed by atoms with E-state index in [1.165, 1.54) is 0 Å². The van der Waals surface area contributed by atoms with Gasteiger partial charge in [0.1, 0.15) is 0 Å². The van der Waals surface area contributed by atoms with E-state index in [1.807, 2.05) is 24.3 Å². The lowest BCUT2D eigenvalue weighted by Crippen LogP contribution is -2.26. The van der Waals surface area contributed by atoms with E-state index in [1.54, 1.807) is 12.1 Å². The molecule has 0 aromatic heterocycles. The summed E-state index contributed by atoms with van der Waals surface area (Å²) in [5, 5.41) is 10.3. The highest BCUT2D eigenvalue weighted by molar-refractivity contribution is 9.10. The number of hydrogen-bond donors (Lipinski definition) is 2. The van der Waals surface area contributed by atoms with Gasteiger partial charge in [-0.15, -0.1) is 0 Å². The number of carboxylic acid groups (broad SMARTS) is 1. The summed E-state index contributed by atoms with van der Waals surface area (Å²) < 4.78 is 0.960. The van der Waals surface area contributed by atoms with E-state index >= 15 is 0 Å². The Bertz CT molecular complexity index is 642. The van der Waals surface area contributed by atoms with Gasteiger partial charge >= 0.3 is 5.97 Å². The van der Waals surface area contributed by atoms with Crippen LogP contribution < -0.4 is 5.48 Å². The average Bonchev–Trinajstić information content (AvgIpc) is 2.37. The van der Waals surface area contributed by atoms with Crippen LogP contribution in [0.25, 0.3) is 10.8 Å². The van der Waals surface area contributed by atoms with Gasteiger partial charge in [-0.25, -0.2) is 10.3 Å². The number of aliphatic carboxylic acids is 1. The molecule has 0 spiro atoms. The van der Waals surface area contributed by atoms with Crippen molar-refractivity contribution in [3.05, 3.63) is 46.4 Å². The Hall–Kier alpha value is -1.92. The molecule has 0 atom stereocenters. The van der Waals surface area contributed by atoms with Crippen molar-refractivity contribution < 1.29 is 19.5 Å². The molecule has 0 bridgehead atoms. The molecule has 2 aromatic rings. The Labute approximate surface area is 117 Å². The van der Waals surface area contributed by atoms with Crippen LogP contribution in [-0.2, 0) is 9.63 Å². The van der Waals surface area contributed by atoms with E-state index in [2.05, 4.69) is 26.2 Å². The highest BCUT2D eigenvalue weighted by Gasteiger charge is 2.07. The van der Waals surface area contributed by atoms with E-state index in [4.69, 9.17) is 5.11 Å². The fourth-order valence-corrected chi connectivity index (χ4v) is 1.96. The fraction of sp³-hybridized carbons (Fsp3) is 0.0769. The monoisotopic (exact) mass is 323 g/mol. The van der Waals surface area contributed by atoms with Crippen molar-refractivity contribution in [2.45, 2.75) is 0 Å². The van der Waals surface area contributed by atoms with Gasteiger partial charge in [0.2, 0.25) is 0 Å². The number of carbonyl (C=O) groups is 2. The van der Waals surface area contributed by atoms with E-state index in [0.717, 1.165) is 15.2 Å². The first-order valence-corrected chi connectivity index (χ1v) is 6.19. The van der Waals surface area contributed by atoms with Crippen LogP contribution in [0.15, 0.2) is 40.9 Å². The summed E-state index contributed by atoms with van der Waals surface area (Å²) in [5.74, 6) is -1.63. The zero-order chi connectivity index (χ0) is 13.8. The first-order valence-electron chi connectivity index (χ1n) is 5.39. The van der Waals surface area contributed by atoms with Crippen molar-refractivity contribution >= 4 is 38.6 Å². The molecule has 0 unspecified atom stereocenters. The van der Waals surface area contributed by atoms with E-state index in [9.17, 15) is 9.59 Å². The van der Waals surface area contributed by atoms with Crippen LogP contribution in [0.1, 0.15) is 10.4 Å². The number of fused-ring (bicyclic) bond motifs is 1. The molecule has 6 heteroatoms. The van der Waals surface area contributed by atoms with E-state index < -0.39 is 18.5 Å². The quantitative estimate of drug-likeness (QED) is 0.847. The number of nitrogens with one attached hydrogen (secondary N) is 1. The molecule has 5 nitrogen and oxygen atoms in total. The SMILES string of the molecule is O=C(O)CONC(=O)c1ccc2cc(Br)ccc2c1. The zero-order valence-corrected chi connectivity index (χ0v) is 11.3.